The molecule has 12 heteroatoms. The van der Waals surface area contributed by atoms with Gasteiger partial charge in [-0.2, -0.15) is 0 Å². The minimum Gasteiger partial charge on any atom is -0.494 e. The van der Waals surface area contributed by atoms with Crippen LogP contribution in [0.3, 0.4) is 0 Å². The molecule has 0 radical (unpaired) electrons. The molecule has 1 unspecified atom stereocenters. The lowest BCUT2D eigenvalue weighted by molar-refractivity contribution is -0.136. The third-order valence-electron chi connectivity index (χ3n) is 6.68. The van der Waals surface area contributed by atoms with E-state index in [1.165, 1.54) is 28.4 Å². The Morgan fingerprint density at radius 2 is 2.03 bits per heavy atom. The number of carbonyl (C=O) groups is 4. The average molecular weight is 540 g/mol. The zero-order valence-corrected chi connectivity index (χ0v) is 22.0. The van der Waals surface area contributed by atoms with Crippen molar-refractivity contribution in [2.75, 3.05) is 12.4 Å². The van der Waals surface area contributed by atoms with Crippen molar-refractivity contribution in [1.29, 1.82) is 0 Å². The number of imide groups is 1. The Morgan fingerprint density at radius 3 is 2.74 bits per heavy atom. The zero-order valence-electron chi connectivity index (χ0n) is 21.2. The van der Waals surface area contributed by atoms with Crippen molar-refractivity contribution in [3.05, 3.63) is 51.8 Å². The highest BCUT2D eigenvalue weighted by atomic mass is 32.1. The van der Waals surface area contributed by atoms with E-state index in [0.717, 1.165) is 10.3 Å². The molecule has 1 atom stereocenters. The molecule has 38 heavy (non-hydrogen) atoms. The number of thiazole rings is 1. The fraction of sp³-hybridized carbons (Fsp3) is 0.346. The third-order valence-corrected chi connectivity index (χ3v) is 8.01. The Balaban J connectivity index is 1.32. The maximum Gasteiger partial charge on any atom is 0.320 e. The molecule has 10 nitrogen and oxygen atoms in total. The number of aryl methyl sites for hydroxylation is 1. The van der Waals surface area contributed by atoms with Crippen LogP contribution >= 0.6 is 11.3 Å². The van der Waals surface area contributed by atoms with Crippen LogP contribution in [0.5, 0.6) is 5.75 Å². The number of fused-ring (bicyclic) bond motifs is 2. The van der Waals surface area contributed by atoms with Gasteiger partial charge in [0.1, 0.15) is 22.3 Å². The Labute approximate surface area is 221 Å². The molecule has 0 bridgehead atoms. The molecule has 5 amide bonds. The van der Waals surface area contributed by atoms with Crippen molar-refractivity contribution in [2.45, 2.75) is 51.7 Å². The molecule has 1 saturated heterocycles. The fourth-order valence-corrected chi connectivity index (χ4v) is 5.88. The maximum atomic E-state index is 15.4. The topological polar surface area (TPSA) is 130 Å². The molecular formula is C26H26FN5O5S. The molecule has 1 aromatic heterocycles. The second-order valence-corrected chi connectivity index (χ2v) is 10.9. The summed E-state index contributed by atoms with van der Waals surface area (Å²) in [6.45, 7) is 5.40. The van der Waals surface area contributed by atoms with Gasteiger partial charge in [0.15, 0.2) is 5.82 Å². The van der Waals surface area contributed by atoms with Crippen LogP contribution in [0.2, 0.25) is 0 Å². The van der Waals surface area contributed by atoms with Gasteiger partial charge in [0, 0.05) is 17.5 Å². The first-order valence-corrected chi connectivity index (χ1v) is 12.8. The summed E-state index contributed by atoms with van der Waals surface area (Å²) in [7, 11) is 1.58. The number of nitrogens with zero attached hydrogens (tertiary/aromatic N) is 2. The predicted molar refractivity (Wildman–Crippen MR) is 139 cm³/mol. The lowest BCUT2D eigenvalue weighted by atomic mass is 10.0. The van der Waals surface area contributed by atoms with E-state index in [4.69, 9.17) is 4.74 Å². The van der Waals surface area contributed by atoms with E-state index in [1.54, 1.807) is 21.0 Å². The van der Waals surface area contributed by atoms with E-state index in [1.807, 2.05) is 19.1 Å². The van der Waals surface area contributed by atoms with E-state index in [0.29, 0.717) is 16.3 Å². The molecule has 0 aliphatic carbocycles. The highest BCUT2D eigenvalue weighted by molar-refractivity contribution is 7.18. The number of hydrogen-bond donors (Lipinski definition) is 3. The van der Waals surface area contributed by atoms with Gasteiger partial charge < -0.3 is 20.3 Å². The second-order valence-electron chi connectivity index (χ2n) is 9.89. The van der Waals surface area contributed by atoms with Gasteiger partial charge in [0.05, 0.1) is 29.6 Å². The molecule has 1 fully saturated rings. The SMILES string of the molecule is COc1cc(C)cc2sc(C(C)(C)NC(=O)Nc3ccc4c(c3F)CN(C3CCC(=O)NC3=O)C4=O)nc12. The normalized spacial score (nSPS) is 17.4. The smallest absolute Gasteiger partial charge is 0.320 e. The number of carbonyl (C=O) groups excluding carboxylic acids is 4. The van der Waals surface area contributed by atoms with Gasteiger partial charge in [0.25, 0.3) is 5.91 Å². The molecule has 198 valence electrons. The number of amides is 5. The van der Waals surface area contributed by atoms with Crippen LogP contribution in [0.15, 0.2) is 24.3 Å². The summed E-state index contributed by atoms with van der Waals surface area (Å²) in [5.74, 6) is -1.58. The standard InChI is InChI=1S/C26H26FN5O5S/c1-12-9-17(37-4)21-18(10-12)38-24(30-21)26(2,3)31-25(36)28-15-6-5-13-14(20(15)27)11-32(23(13)35)16-7-8-19(33)29-22(16)34/h5-6,9-10,16H,7-8,11H2,1-4H3,(H2,28,31,36)(H,29,33,34). The summed E-state index contributed by atoms with van der Waals surface area (Å²) in [6.07, 6.45) is 0.272. The number of nitrogens with one attached hydrogen (secondary N) is 3. The quantitative estimate of drug-likeness (QED) is 0.425. The largest absolute Gasteiger partial charge is 0.494 e. The van der Waals surface area contributed by atoms with Crippen molar-refractivity contribution in [3.8, 4) is 5.75 Å². The summed E-state index contributed by atoms with van der Waals surface area (Å²) >= 11 is 1.43. The van der Waals surface area contributed by atoms with Gasteiger partial charge in [-0.3, -0.25) is 19.7 Å². The van der Waals surface area contributed by atoms with Gasteiger partial charge in [-0.25, -0.2) is 14.2 Å². The predicted octanol–water partition coefficient (Wildman–Crippen LogP) is 3.57. The van der Waals surface area contributed by atoms with Gasteiger partial charge in [-0.1, -0.05) is 0 Å². The summed E-state index contributed by atoms with van der Waals surface area (Å²) in [5.41, 5.74) is 0.940. The second kappa shape index (κ2) is 9.35. The van der Waals surface area contributed by atoms with Crippen LogP contribution in [0.4, 0.5) is 14.9 Å². The first-order chi connectivity index (χ1) is 18.0. The first kappa shape index (κ1) is 25.6. The highest BCUT2D eigenvalue weighted by Crippen LogP contribution is 2.36. The minimum atomic E-state index is -0.890. The monoisotopic (exact) mass is 539 g/mol. The Bertz CT molecular complexity index is 1520. The molecule has 5 rings (SSSR count). The third kappa shape index (κ3) is 4.44. The molecule has 0 saturated carbocycles. The maximum absolute atomic E-state index is 15.4. The van der Waals surface area contributed by atoms with Crippen LogP contribution in [-0.4, -0.2) is 46.8 Å². The lowest BCUT2D eigenvalue weighted by Gasteiger charge is -2.29. The number of urea groups is 1. The van der Waals surface area contributed by atoms with Crippen molar-refractivity contribution < 1.29 is 28.3 Å². The number of rotatable bonds is 5. The average Bonchev–Trinajstić information content (AvgIpc) is 3.42. The van der Waals surface area contributed by atoms with Crippen LogP contribution in [-0.2, 0) is 21.7 Å². The van der Waals surface area contributed by atoms with Gasteiger partial charge >= 0.3 is 6.03 Å². The number of benzene rings is 2. The van der Waals surface area contributed by atoms with Gasteiger partial charge in [-0.05, 0) is 57.0 Å². The number of halogens is 1. The highest BCUT2D eigenvalue weighted by Gasteiger charge is 2.40. The van der Waals surface area contributed by atoms with Crippen molar-refractivity contribution in [3.63, 3.8) is 0 Å². The van der Waals surface area contributed by atoms with Crippen molar-refractivity contribution in [1.82, 2.24) is 20.5 Å². The van der Waals surface area contributed by atoms with Crippen molar-refractivity contribution in [2.24, 2.45) is 0 Å². The zero-order chi connectivity index (χ0) is 27.4. The summed E-state index contributed by atoms with van der Waals surface area (Å²) in [6, 6.07) is 5.12. The van der Waals surface area contributed by atoms with Crippen LogP contribution in [0.1, 0.15) is 53.2 Å². The lowest BCUT2D eigenvalue weighted by Crippen LogP contribution is -2.52. The molecule has 2 aliphatic rings. The molecule has 0 spiro atoms. The number of methoxy groups -OCH3 is 1. The summed E-state index contributed by atoms with van der Waals surface area (Å²) < 4.78 is 21.8. The summed E-state index contributed by atoms with van der Waals surface area (Å²) in [4.78, 5) is 55.4. The van der Waals surface area contributed by atoms with E-state index < -0.39 is 41.2 Å². The Morgan fingerprint density at radius 1 is 1.26 bits per heavy atom. The van der Waals surface area contributed by atoms with Crippen LogP contribution < -0.4 is 20.7 Å². The molecule has 2 aliphatic heterocycles. The van der Waals surface area contributed by atoms with Gasteiger partial charge in [0.2, 0.25) is 11.8 Å². The van der Waals surface area contributed by atoms with Crippen molar-refractivity contribution >= 4 is 51.0 Å². The minimum absolute atomic E-state index is 0.0883. The molecule has 3 heterocycles. The van der Waals surface area contributed by atoms with E-state index >= 15 is 4.39 Å². The van der Waals surface area contributed by atoms with E-state index in [9.17, 15) is 19.2 Å². The van der Waals surface area contributed by atoms with E-state index in [2.05, 4.69) is 20.9 Å². The van der Waals surface area contributed by atoms with E-state index in [-0.39, 0.29) is 36.2 Å². The van der Waals surface area contributed by atoms with Gasteiger partial charge in [-0.15, -0.1) is 11.3 Å². The fourth-order valence-electron chi connectivity index (χ4n) is 4.74. The molecule has 3 aromatic rings. The molecular weight excluding hydrogens is 513 g/mol. The Hall–Kier alpha value is -4.06. The number of ether oxygens (including phenoxy) is 1. The van der Waals surface area contributed by atoms with Crippen LogP contribution in [0.25, 0.3) is 10.2 Å². The number of piperidine rings is 1. The number of hydrogen-bond acceptors (Lipinski definition) is 7. The Kier molecular flexibility index (Phi) is 6.30. The number of aromatic nitrogens is 1. The molecule has 3 N–H and O–H groups in total. The first-order valence-electron chi connectivity index (χ1n) is 12.0. The summed E-state index contributed by atoms with van der Waals surface area (Å²) in [5, 5.41) is 8.23. The van der Waals surface area contributed by atoms with Crippen LogP contribution in [0, 0.1) is 12.7 Å². The number of anilines is 1. The molecule has 2 aromatic carbocycles.